The Morgan fingerprint density at radius 2 is 2.30 bits per heavy atom. The van der Waals surface area contributed by atoms with Crippen LogP contribution >= 0.6 is 24.0 Å². The molecule has 2 aromatic rings. The third-order valence-electron chi connectivity index (χ3n) is 3.73. The number of imidazole rings is 1. The topological polar surface area (TPSA) is 88.1 Å². The Balaban J connectivity index is 1.93. The number of rotatable bonds is 3. The lowest BCUT2D eigenvalue weighted by Gasteiger charge is -2.19. The first-order valence-corrected chi connectivity index (χ1v) is 8.67. The van der Waals surface area contributed by atoms with Crippen LogP contribution in [0.3, 0.4) is 0 Å². The van der Waals surface area contributed by atoms with Crippen molar-refractivity contribution < 1.29 is 13.9 Å². The van der Waals surface area contributed by atoms with Gasteiger partial charge in [0.05, 0.1) is 12.4 Å². The van der Waals surface area contributed by atoms with Crippen LogP contribution in [0.4, 0.5) is 10.2 Å². The Hall–Kier alpha value is -1.52. The molecule has 0 radical (unpaired) electrons. The number of halogens is 1. The average molecular weight is 357 g/mol. The van der Waals surface area contributed by atoms with Gasteiger partial charge in [0.1, 0.15) is 11.8 Å². The van der Waals surface area contributed by atoms with Gasteiger partial charge in [-0.25, -0.2) is 19.3 Å². The number of anilines is 1. The van der Waals surface area contributed by atoms with Gasteiger partial charge in [0.15, 0.2) is 30.0 Å². The Kier molecular flexibility index (Phi) is 4.64. The summed E-state index contributed by atoms with van der Waals surface area (Å²) in [4.78, 5) is 12.1. The minimum Gasteiger partial charge on any atom is -0.469 e. The van der Waals surface area contributed by atoms with Crippen LogP contribution in [0, 0.1) is 0 Å². The Morgan fingerprint density at radius 1 is 1.52 bits per heavy atom. The van der Waals surface area contributed by atoms with E-state index in [0.29, 0.717) is 22.0 Å². The number of aromatic nitrogens is 4. The summed E-state index contributed by atoms with van der Waals surface area (Å²) in [6.07, 6.45) is 1.68. The minimum atomic E-state index is -1.40. The molecule has 0 aliphatic carbocycles. The summed E-state index contributed by atoms with van der Waals surface area (Å²) in [5, 5.41) is 0. The second-order valence-electron chi connectivity index (χ2n) is 5.04. The monoisotopic (exact) mass is 357 g/mol. The van der Waals surface area contributed by atoms with Gasteiger partial charge in [-0.1, -0.05) is 18.7 Å². The van der Waals surface area contributed by atoms with E-state index >= 15 is 0 Å². The van der Waals surface area contributed by atoms with E-state index in [1.807, 2.05) is 6.92 Å². The largest absolute Gasteiger partial charge is 0.469 e. The molecule has 4 unspecified atom stereocenters. The molecule has 0 spiro atoms. The quantitative estimate of drug-likeness (QED) is 0.836. The van der Waals surface area contributed by atoms with Gasteiger partial charge in [-0.2, -0.15) is 0 Å². The molecule has 10 heteroatoms. The van der Waals surface area contributed by atoms with E-state index in [9.17, 15) is 4.39 Å². The SMILES string of the molecule is CCC1OC(n2cnc3c(N)ncnc32)C(F)C1OC(=S)SC. The Morgan fingerprint density at radius 3 is 3.00 bits per heavy atom. The van der Waals surface area contributed by atoms with Crippen molar-refractivity contribution in [3.8, 4) is 0 Å². The van der Waals surface area contributed by atoms with Crippen molar-refractivity contribution >= 4 is 45.3 Å². The first-order valence-electron chi connectivity index (χ1n) is 7.04. The molecular formula is C13H16FN5O2S2. The van der Waals surface area contributed by atoms with E-state index in [4.69, 9.17) is 27.4 Å². The van der Waals surface area contributed by atoms with Crippen molar-refractivity contribution in [2.45, 2.75) is 38.0 Å². The molecule has 3 rings (SSSR count). The summed E-state index contributed by atoms with van der Waals surface area (Å²) in [6, 6.07) is 0. The smallest absolute Gasteiger partial charge is 0.220 e. The third-order valence-corrected chi connectivity index (χ3v) is 4.76. The van der Waals surface area contributed by atoms with Crippen LogP contribution in [-0.4, -0.2) is 48.5 Å². The molecule has 2 aromatic heterocycles. The third kappa shape index (κ3) is 2.86. The number of nitrogens with zero attached hydrogens (tertiary/aromatic N) is 4. The van der Waals surface area contributed by atoms with E-state index < -0.39 is 24.6 Å². The molecule has 0 bridgehead atoms. The van der Waals surface area contributed by atoms with Crippen molar-refractivity contribution in [3.05, 3.63) is 12.7 Å². The van der Waals surface area contributed by atoms with Crippen molar-refractivity contribution in [1.29, 1.82) is 0 Å². The van der Waals surface area contributed by atoms with E-state index in [2.05, 4.69) is 15.0 Å². The Labute approximate surface area is 141 Å². The second-order valence-corrected chi connectivity index (χ2v) is 6.45. The maximum absolute atomic E-state index is 14.9. The highest BCUT2D eigenvalue weighted by molar-refractivity contribution is 8.22. The highest BCUT2D eigenvalue weighted by atomic mass is 32.2. The maximum atomic E-state index is 14.9. The zero-order valence-electron chi connectivity index (χ0n) is 12.5. The van der Waals surface area contributed by atoms with Gasteiger partial charge in [0.25, 0.3) is 0 Å². The summed E-state index contributed by atoms with van der Waals surface area (Å²) in [7, 11) is 0. The minimum absolute atomic E-state index is 0.241. The zero-order chi connectivity index (χ0) is 16.6. The summed E-state index contributed by atoms with van der Waals surface area (Å²) in [6.45, 7) is 1.91. The summed E-state index contributed by atoms with van der Waals surface area (Å²) < 4.78 is 28.1. The van der Waals surface area contributed by atoms with Gasteiger partial charge in [0, 0.05) is 0 Å². The molecule has 1 saturated heterocycles. The van der Waals surface area contributed by atoms with Gasteiger partial charge >= 0.3 is 0 Å². The van der Waals surface area contributed by atoms with Crippen LogP contribution in [0.5, 0.6) is 0 Å². The van der Waals surface area contributed by atoms with Crippen LogP contribution < -0.4 is 5.73 Å². The second kappa shape index (κ2) is 6.54. The molecule has 4 atom stereocenters. The lowest BCUT2D eigenvalue weighted by atomic mass is 10.1. The fraction of sp³-hybridized carbons (Fsp3) is 0.538. The molecule has 1 fully saturated rings. The van der Waals surface area contributed by atoms with E-state index in [0.717, 1.165) is 0 Å². The molecule has 0 amide bonds. The fourth-order valence-corrected chi connectivity index (χ4v) is 2.92. The van der Waals surface area contributed by atoms with Gasteiger partial charge in [-0.15, -0.1) is 0 Å². The van der Waals surface area contributed by atoms with E-state index in [1.54, 1.807) is 6.26 Å². The van der Waals surface area contributed by atoms with Gasteiger partial charge in [-0.3, -0.25) is 4.57 Å². The molecule has 1 aliphatic rings. The van der Waals surface area contributed by atoms with Crippen LogP contribution in [-0.2, 0) is 9.47 Å². The molecule has 7 nitrogen and oxygen atoms in total. The highest BCUT2D eigenvalue weighted by Gasteiger charge is 2.47. The lowest BCUT2D eigenvalue weighted by Crippen LogP contribution is -2.32. The first-order chi connectivity index (χ1) is 11.1. The molecular weight excluding hydrogens is 341 g/mol. The number of fused-ring (bicyclic) bond motifs is 1. The van der Waals surface area contributed by atoms with Crippen LogP contribution in [0.15, 0.2) is 12.7 Å². The summed E-state index contributed by atoms with van der Waals surface area (Å²) >= 11 is 6.30. The molecule has 0 aromatic carbocycles. The number of hydrogen-bond acceptors (Lipinski definition) is 8. The predicted octanol–water partition coefficient (Wildman–Crippen LogP) is 2.09. The average Bonchev–Trinajstić information content (AvgIpc) is 3.10. The van der Waals surface area contributed by atoms with Gasteiger partial charge < -0.3 is 15.2 Å². The van der Waals surface area contributed by atoms with E-state index in [1.165, 1.54) is 29.0 Å². The Bertz CT molecular complexity index is 727. The molecule has 0 saturated carbocycles. The standard InChI is InChI=1S/C13H16FN5O2S2/c1-3-6-9(21-13(22)23-2)7(14)12(20-6)19-5-18-8-10(15)16-4-17-11(8)19/h4-7,9,12H,3H2,1-2H3,(H2,15,16,17). The zero-order valence-corrected chi connectivity index (χ0v) is 14.2. The lowest BCUT2D eigenvalue weighted by molar-refractivity contribution is -0.0224. The normalized spacial score (nSPS) is 27.4. The molecule has 124 valence electrons. The number of nitrogen functional groups attached to an aromatic ring is 1. The van der Waals surface area contributed by atoms with Crippen molar-refractivity contribution in [2.75, 3.05) is 12.0 Å². The molecule has 3 heterocycles. The van der Waals surface area contributed by atoms with Crippen LogP contribution in [0.1, 0.15) is 19.6 Å². The van der Waals surface area contributed by atoms with Gasteiger partial charge in [-0.05, 0) is 24.9 Å². The van der Waals surface area contributed by atoms with Crippen molar-refractivity contribution in [1.82, 2.24) is 19.5 Å². The summed E-state index contributed by atoms with van der Waals surface area (Å²) in [5.74, 6) is 0.241. The molecule has 1 aliphatic heterocycles. The first kappa shape index (κ1) is 16.3. The maximum Gasteiger partial charge on any atom is 0.220 e. The van der Waals surface area contributed by atoms with Crippen molar-refractivity contribution in [2.24, 2.45) is 0 Å². The number of thiocarbonyl (C=S) groups is 1. The number of nitrogens with two attached hydrogens (primary N) is 1. The van der Waals surface area contributed by atoms with Crippen LogP contribution in [0.2, 0.25) is 0 Å². The van der Waals surface area contributed by atoms with Crippen LogP contribution in [0.25, 0.3) is 11.2 Å². The highest BCUT2D eigenvalue weighted by Crippen LogP contribution is 2.37. The van der Waals surface area contributed by atoms with Gasteiger partial charge in [0.2, 0.25) is 4.38 Å². The number of hydrogen-bond donors (Lipinski definition) is 1. The summed E-state index contributed by atoms with van der Waals surface area (Å²) in [5.41, 5.74) is 6.60. The predicted molar refractivity (Wildman–Crippen MR) is 89.8 cm³/mol. The van der Waals surface area contributed by atoms with Crippen molar-refractivity contribution in [3.63, 3.8) is 0 Å². The fourth-order valence-electron chi connectivity index (χ4n) is 2.60. The number of alkyl halides is 1. The molecule has 23 heavy (non-hydrogen) atoms. The molecule has 2 N–H and O–H groups in total. The number of ether oxygens (including phenoxy) is 2. The van der Waals surface area contributed by atoms with E-state index in [-0.39, 0.29) is 5.82 Å². The number of thioether (sulfide) groups is 1.